The number of carboxylic acid groups (broad SMARTS) is 1. The average molecular weight is 300 g/mol. The Morgan fingerprint density at radius 2 is 1.91 bits per heavy atom. The number of nitrogens with one attached hydrogen (secondary N) is 1. The fraction of sp³-hybridized carbons (Fsp3) is 0.294. The van der Waals surface area contributed by atoms with Crippen LogP contribution in [-0.2, 0) is 11.3 Å². The molecule has 2 N–H and O–H groups in total. The predicted octanol–water partition coefficient (Wildman–Crippen LogP) is 2.83. The minimum absolute atomic E-state index is 0.0602. The number of aryl methyl sites for hydroxylation is 1. The number of carbonyl (C=O) groups excluding carboxylic acids is 1. The van der Waals surface area contributed by atoms with Crippen LogP contribution in [0, 0.1) is 6.92 Å². The molecule has 0 spiro atoms. The molecule has 116 valence electrons. The predicted molar refractivity (Wildman–Crippen MR) is 83.6 cm³/mol. The van der Waals surface area contributed by atoms with E-state index in [4.69, 9.17) is 5.11 Å². The summed E-state index contributed by atoms with van der Waals surface area (Å²) in [6.45, 7) is 2.77. The van der Waals surface area contributed by atoms with Crippen molar-refractivity contribution in [3.63, 3.8) is 0 Å². The van der Waals surface area contributed by atoms with Crippen molar-refractivity contribution in [2.45, 2.75) is 26.3 Å². The Bertz CT molecular complexity index is 634. The van der Waals surface area contributed by atoms with Gasteiger partial charge in [0, 0.05) is 31.9 Å². The maximum Gasteiger partial charge on any atom is 0.303 e. The van der Waals surface area contributed by atoms with E-state index in [9.17, 15) is 9.59 Å². The van der Waals surface area contributed by atoms with Crippen molar-refractivity contribution in [1.82, 2.24) is 9.88 Å². The van der Waals surface area contributed by atoms with E-state index in [1.807, 2.05) is 37.3 Å². The Morgan fingerprint density at radius 3 is 2.50 bits per heavy atom. The number of nitrogens with zero attached hydrogens (tertiary/aromatic N) is 1. The van der Waals surface area contributed by atoms with Crippen molar-refractivity contribution in [3.05, 3.63) is 59.4 Å². The van der Waals surface area contributed by atoms with Gasteiger partial charge in [-0.2, -0.15) is 0 Å². The van der Waals surface area contributed by atoms with Gasteiger partial charge in [0.2, 0.25) is 0 Å². The zero-order valence-electron chi connectivity index (χ0n) is 12.6. The van der Waals surface area contributed by atoms with E-state index >= 15 is 0 Å². The van der Waals surface area contributed by atoms with Gasteiger partial charge in [-0.1, -0.05) is 30.3 Å². The van der Waals surface area contributed by atoms with E-state index in [0.29, 0.717) is 25.1 Å². The molecular weight excluding hydrogens is 280 g/mol. The van der Waals surface area contributed by atoms with Crippen molar-refractivity contribution in [2.24, 2.45) is 0 Å². The molecule has 0 saturated heterocycles. The van der Waals surface area contributed by atoms with E-state index in [1.54, 1.807) is 17.3 Å². The topological polar surface area (TPSA) is 73.4 Å². The van der Waals surface area contributed by atoms with E-state index in [-0.39, 0.29) is 12.3 Å². The summed E-state index contributed by atoms with van der Waals surface area (Å²) in [7, 11) is 0. The van der Waals surface area contributed by atoms with Gasteiger partial charge in [0.25, 0.3) is 5.91 Å². The molecule has 0 saturated carbocycles. The number of carboxylic acids is 1. The molecular formula is C17H20N2O3. The monoisotopic (exact) mass is 300 g/mol. The van der Waals surface area contributed by atoms with Gasteiger partial charge < -0.3 is 15.0 Å². The van der Waals surface area contributed by atoms with Crippen LogP contribution in [0.3, 0.4) is 0 Å². The molecule has 2 aromatic rings. The number of benzene rings is 1. The molecule has 0 aliphatic carbocycles. The molecule has 0 bridgehead atoms. The lowest BCUT2D eigenvalue weighted by atomic mass is 10.1. The number of H-pyrrole nitrogens is 1. The van der Waals surface area contributed by atoms with Crippen LogP contribution in [0.15, 0.2) is 42.7 Å². The van der Waals surface area contributed by atoms with Gasteiger partial charge in [-0.25, -0.2) is 0 Å². The Labute approximate surface area is 129 Å². The minimum atomic E-state index is -0.843. The van der Waals surface area contributed by atoms with Crippen LogP contribution >= 0.6 is 0 Å². The molecule has 0 radical (unpaired) electrons. The van der Waals surface area contributed by atoms with Gasteiger partial charge >= 0.3 is 5.97 Å². The Kier molecular flexibility index (Phi) is 5.36. The molecule has 0 aliphatic heterocycles. The molecule has 5 nitrogen and oxygen atoms in total. The third-order valence-electron chi connectivity index (χ3n) is 3.50. The summed E-state index contributed by atoms with van der Waals surface area (Å²) >= 11 is 0. The van der Waals surface area contributed by atoms with Gasteiger partial charge in [-0.15, -0.1) is 0 Å². The standard InChI is InChI=1S/C17H20N2O3/c1-13-10-18-11-15(13)17(22)19(9-5-8-16(20)21)12-14-6-3-2-4-7-14/h2-4,6-7,10-11,18H,5,8-9,12H2,1H3,(H,20,21). The molecule has 5 heteroatoms. The number of hydrogen-bond donors (Lipinski definition) is 2. The van der Waals surface area contributed by atoms with Crippen LogP contribution in [0.2, 0.25) is 0 Å². The van der Waals surface area contributed by atoms with Crippen molar-refractivity contribution >= 4 is 11.9 Å². The third-order valence-corrected chi connectivity index (χ3v) is 3.50. The van der Waals surface area contributed by atoms with Crippen molar-refractivity contribution in [1.29, 1.82) is 0 Å². The summed E-state index contributed by atoms with van der Waals surface area (Å²) in [6.07, 6.45) is 3.97. The third kappa shape index (κ3) is 4.22. The van der Waals surface area contributed by atoms with E-state index in [0.717, 1.165) is 11.1 Å². The second-order valence-corrected chi connectivity index (χ2v) is 5.26. The van der Waals surface area contributed by atoms with Gasteiger partial charge in [0.15, 0.2) is 0 Å². The highest BCUT2D eigenvalue weighted by Crippen LogP contribution is 2.14. The van der Waals surface area contributed by atoms with Crippen molar-refractivity contribution in [2.75, 3.05) is 6.54 Å². The fourth-order valence-corrected chi connectivity index (χ4v) is 2.32. The number of aliphatic carboxylic acids is 1. The number of carbonyl (C=O) groups is 2. The molecule has 1 aromatic heterocycles. The molecule has 1 amide bonds. The van der Waals surface area contributed by atoms with Crippen LogP contribution in [0.1, 0.15) is 34.3 Å². The molecule has 1 aromatic carbocycles. The Hall–Kier alpha value is -2.56. The van der Waals surface area contributed by atoms with Crippen LogP contribution in [-0.4, -0.2) is 33.4 Å². The summed E-state index contributed by atoms with van der Waals surface area (Å²) < 4.78 is 0. The number of aromatic nitrogens is 1. The molecule has 1 heterocycles. The van der Waals surface area contributed by atoms with E-state index in [1.165, 1.54) is 0 Å². The van der Waals surface area contributed by atoms with E-state index < -0.39 is 5.97 Å². The zero-order chi connectivity index (χ0) is 15.9. The minimum Gasteiger partial charge on any atom is -0.481 e. The number of hydrogen-bond acceptors (Lipinski definition) is 2. The quantitative estimate of drug-likeness (QED) is 0.825. The lowest BCUT2D eigenvalue weighted by Crippen LogP contribution is -2.32. The number of amides is 1. The molecule has 2 rings (SSSR count). The van der Waals surface area contributed by atoms with Crippen LogP contribution < -0.4 is 0 Å². The summed E-state index contributed by atoms with van der Waals surface area (Å²) in [6, 6.07) is 9.70. The lowest BCUT2D eigenvalue weighted by molar-refractivity contribution is -0.137. The zero-order valence-corrected chi connectivity index (χ0v) is 12.6. The lowest BCUT2D eigenvalue weighted by Gasteiger charge is -2.22. The van der Waals surface area contributed by atoms with Crippen LogP contribution in [0.25, 0.3) is 0 Å². The summed E-state index contributed by atoms with van der Waals surface area (Å²) in [5.41, 5.74) is 2.55. The first-order valence-electron chi connectivity index (χ1n) is 7.26. The first-order valence-corrected chi connectivity index (χ1v) is 7.26. The Morgan fingerprint density at radius 1 is 1.18 bits per heavy atom. The molecule has 0 fully saturated rings. The Balaban J connectivity index is 2.12. The van der Waals surface area contributed by atoms with Gasteiger partial charge in [0.05, 0.1) is 5.56 Å². The normalized spacial score (nSPS) is 10.4. The molecule has 0 unspecified atom stereocenters. The average Bonchev–Trinajstić information content (AvgIpc) is 2.92. The first kappa shape index (κ1) is 15.8. The van der Waals surface area contributed by atoms with E-state index in [2.05, 4.69) is 4.98 Å². The molecule has 22 heavy (non-hydrogen) atoms. The SMILES string of the molecule is Cc1c[nH]cc1C(=O)N(CCCC(=O)O)Cc1ccccc1. The maximum absolute atomic E-state index is 12.7. The summed E-state index contributed by atoms with van der Waals surface area (Å²) in [5.74, 6) is -0.919. The second-order valence-electron chi connectivity index (χ2n) is 5.26. The highest BCUT2D eigenvalue weighted by molar-refractivity contribution is 5.95. The van der Waals surface area contributed by atoms with Crippen molar-refractivity contribution < 1.29 is 14.7 Å². The van der Waals surface area contributed by atoms with Gasteiger partial charge in [-0.05, 0) is 24.5 Å². The first-order chi connectivity index (χ1) is 10.6. The van der Waals surface area contributed by atoms with Crippen LogP contribution in [0.5, 0.6) is 0 Å². The maximum atomic E-state index is 12.7. The fourth-order valence-electron chi connectivity index (χ4n) is 2.32. The summed E-state index contributed by atoms with van der Waals surface area (Å²) in [4.78, 5) is 28.0. The number of rotatable bonds is 7. The van der Waals surface area contributed by atoms with Gasteiger partial charge in [-0.3, -0.25) is 9.59 Å². The molecule has 0 atom stereocenters. The van der Waals surface area contributed by atoms with Crippen molar-refractivity contribution in [3.8, 4) is 0 Å². The summed E-state index contributed by atoms with van der Waals surface area (Å²) in [5, 5.41) is 8.77. The molecule has 0 aliphatic rings. The smallest absolute Gasteiger partial charge is 0.303 e. The number of aromatic amines is 1. The van der Waals surface area contributed by atoms with Crippen LogP contribution in [0.4, 0.5) is 0 Å². The second kappa shape index (κ2) is 7.45. The highest BCUT2D eigenvalue weighted by atomic mass is 16.4. The largest absolute Gasteiger partial charge is 0.481 e. The van der Waals surface area contributed by atoms with Gasteiger partial charge in [0.1, 0.15) is 0 Å². The highest BCUT2D eigenvalue weighted by Gasteiger charge is 2.18.